The molecule has 1 rings (SSSR count). The van der Waals surface area contributed by atoms with Gasteiger partial charge in [-0.05, 0) is 50.5 Å². The average molecular weight is 671 g/mol. The van der Waals surface area contributed by atoms with Crippen molar-refractivity contribution in [3.05, 3.63) is 0 Å². The first kappa shape index (κ1) is 48.8. The zero-order valence-corrected chi connectivity index (χ0v) is 26.7. The lowest BCUT2D eigenvalue weighted by atomic mass is 10.1. The van der Waals surface area contributed by atoms with Crippen molar-refractivity contribution in [1.29, 1.82) is 0 Å². The quantitative estimate of drug-likeness (QED) is 0.0522. The number of carboxylic acid groups (broad SMARTS) is 6. The van der Waals surface area contributed by atoms with E-state index < -0.39 is 66.4 Å². The average Bonchev–Trinajstić information content (AvgIpc) is 3.46. The maximum absolute atomic E-state index is 10.2. The summed E-state index contributed by atoms with van der Waals surface area (Å²) in [5, 5.41) is 52.2. The Morgan fingerprint density at radius 1 is 0.761 bits per heavy atom. The minimum absolute atomic E-state index is 0.0129. The first-order chi connectivity index (χ1) is 21.0. The number of nitrogens with one attached hydrogen (secondary N) is 1. The van der Waals surface area contributed by atoms with Crippen molar-refractivity contribution in [1.82, 2.24) is 5.32 Å². The molecule has 46 heavy (non-hydrogen) atoms. The Balaban J connectivity index is -0.000000242. The number of guanidine groups is 1. The minimum Gasteiger partial charge on any atom is -0.481 e. The predicted octanol–water partition coefficient (Wildman–Crippen LogP) is -2.35. The van der Waals surface area contributed by atoms with Gasteiger partial charge >= 0.3 is 35.8 Å². The lowest BCUT2D eigenvalue weighted by Crippen LogP contribution is -2.34. The molecule has 19 N–H and O–H groups in total. The van der Waals surface area contributed by atoms with Crippen LogP contribution in [-0.4, -0.2) is 116 Å². The molecule has 1 aliphatic heterocycles. The van der Waals surface area contributed by atoms with Gasteiger partial charge in [-0.15, -0.1) is 0 Å². The van der Waals surface area contributed by atoms with E-state index in [-0.39, 0.29) is 17.9 Å². The maximum Gasteiger partial charge on any atom is 0.321 e. The minimum atomic E-state index is -1.29. The van der Waals surface area contributed by atoms with E-state index in [1.165, 1.54) is 0 Å². The predicted molar refractivity (Wildman–Crippen MR) is 168 cm³/mol. The normalized spacial score (nSPS) is 15.7. The summed E-state index contributed by atoms with van der Waals surface area (Å²) >= 11 is 0. The largest absolute Gasteiger partial charge is 0.481 e. The van der Waals surface area contributed by atoms with Gasteiger partial charge in [0, 0.05) is 6.54 Å². The van der Waals surface area contributed by atoms with Gasteiger partial charge in [0.1, 0.15) is 30.2 Å². The molecule has 0 radical (unpaired) electrons. The van der Waals surface area contributed by atoms with E-state index in [2.05, 4.69) is 10.3 Å². The van der Waals surface area contributed by atoms with Crippen LogP contribution in [0.25, 0.3) is 0 Å². The topological polar surface area (TPSA) is 404 Å². The number of nitrogens with zero attached hydrogens (tertiary/aromatic N) is 1. The lowest BCUT2D eigenvalue weighted by molar-refractivity contribution is -0.144. The van der Waals surface area contributed by atoms with E-state index in [1.54, 1.807) is 13.8 Å². The number of aliphatic imine (C=N–C) groups is 1. The van der Waals surface area contributed by atoms with Crippen molar-refractivity contribution in [3.8, 4) is 0 Å². The van der Waals surface area contributed by atoms with E-state index in [1.807, 2.05) is 13.8 Å². The standard InChI is InChI=1S/C6H14N4O2.C6H13NO2.C5H9NO2.C5H11NO2.C4H7NO4/c7-4(5(11)12)2-1-3-10-6(8)9;1-4(2)3-5(7)6(8)9;7-5(8)4-2-1-3-6-4;1-3(2)4(6)5(7)8;5-2(4(8)9)1-3(6)7/h4H,1-3,7H2,(H,11,12)(H4,8,9,10);4-5H,3,7H2,1-2H3,(H,8,9);4,6H,1-3H2,(H,7,8);3-4H,6H2,1-2H3,(H,7,8);2H,1,5H2,(H,6,7)(H,8,9)/t4-;5-;2*4-;2-/m00000/s1. The molecule has 0 aromatic rings. The molecule has 1 heterocycles. The summed E-state index contributed by atoms with van der Waals surface area (Å²) in [7, 11) is 0. The number of hydrogen-bond acceptors (Lipinski definition) is 12. The van der Waals surface area contributed by atoms with Crippen LogP contribution in [0.1, 0.15) is 66.2 Å². The van der Waals surface area contributed by atoms with Gasteiger partial charge in [0.25, 0.3) is 0 Å². The maximum atomic E-state index is 10.2. The second-order valence-corrected chi connectivity index (χ2v) is 10.6. The highest BCUT2D eigenvalue weighted by Crippen LogP contribution is 2.03. The number of carbonyl (C=O) groups is 6. The SMILES string of the molecule is CC(C)C[C@H](N)C(=O)O.CC(C)[C@H](N)C(=O)O.NC(N)=NCCC[C@H](N)C(=O)O.N[C@@H](CC(=O)O)C(=O)O.O=C(O)[C@@H]1CCCN1. The first-order valence-electron chi connectivity index (χ1n) is 14.1. The molecular weight excluding hydrogens is 616 g/mol. The van der Waals surface area contributed by atoms with Crippen molar-refractivity contribution in [3.63, 3.8) is 0 Å². The van der Waals surface area contributed by atoms with Crippen LogP contribution in [0.2, 0.25) is 0 Å². The molecule has 0 amide bonds. The van der Waals surface area contributed by atoms with Crippen LogP contribution in [0.4, 0.5) is 0 Å². The van der Waals surface area contributed by atoms with E-state index in [0.29, 0.717) is 31.7 Å². The summed E-state index contributed by atoms with van der Waals surface area (Å²) in [6.07, 6.45) is 2.76. The second kappa shape index (κ2) is 28.4. The van der Waals surface area contributed by atoms with Gasteiger partial charge in [0.2, 0.25) is 0 Å². The monoisotopic (exact) mass is 670 g/mol. The highest BCUT2D eigenvalue weighted by molar-refractivity contribution is 5.80. The second-order valence-electron chi connectivity index (χ2n) is 10.6. The third-order valence-corrected chi connectivity index (χ3v) is 5.40. The summed E-state index contributed by atoms with van der Waals surface area (Å²) in [6, 6.07) is -3.78. The summed E-state index contributed by atoms with van der Waals surface area (Å²) in [4.78, 5) is 63.8. The molecule has 270 valence electrons. The fourth-order valence-electron chi connectivity index (χ4n) is 2.71. The van der Waals surface area contributed by atoms with Crippen molar-refractivity contribution in [2.24, 2.45) is 51.2 Å². The summed E-state index contributed by atoms with van der Waals surface area (Å²) in [5.74, 6) is -5.67. The Morgan fingerprint density at radius 3 is 1.43 bits per heavy atom. The zero-order valence-electron chi connectivity index (χ0n) is 26.7. The van der Waals surface area contributed by atoms with Crippen LogP contribution in [0.15, 0.2) is 4.99 Å². The smallest absolute Gasteiger partial charge is 0.321 e. The van der Waals surface area contributed by atoms with Crippen LogP contribution in [0.5, 0.6) is 0 Å². The van der Waals surface area contributed by atoms with Gasteiger partial charge < -0.3 is 70.4 Å². The fraction of sp³-hybridized carbons (Fsp3) is 0.731. The van der Waals surface area contributed by atoms with E-state index >= 15 is 0 Å². The number of hydrogen-bond donors (Lipinski definition) is 13. The summed E-state index contributed by atoms with van der Waals surface area (Å²) < 4.78 is 0. The van der Waals surface area contributed by atoms with Crippen molar-refractivity contribution < 1.29 is 59.4 Å². The van der Waals surface area contributed by atoms with Gasteiger partial charge in [0.05, 0.1) is 6.42 Å². The molecule has 0 aromatic carbocycles. The van der Waals surface area contributed by atoms with Crippen LogP contribution < -0.4 is 39.7 Å². The van der Waals surface area contributed by atoms with Crippen molar-refractivity contribution in [2.45, 2.75) is 96.4 Å². The first-order valence-corrected chi connectivity index (χ1v) is 14.1. The number of rotatable bonds is 14. The summed E-state index contributed by atoms with van der Waals surface area (Å²) in [5.41, 5.74) is 30.5. The molecule has 20 heteroatoms. The lowest BCUT2D eigenvalue weighted by Gasteiger charge is -2.07. The third kappa shape index (κ3) is 34.4. The van der Waals surface area contributed by atoms with Gasteiger partial charge in [0.15, 0.2) is 5.96 Å². The molecule has 0 saturated carbocycles. The zero-order chi connectivity index (χ0) is 37.2. The highest BCUT2D eigenvalue weighted by Gasteiger charge is 2.20. The van der Waals surface area contributed by atoms with Crippen molar-refractivity contribution in [2.75, 3.05) is 13.1 Å². The van der Waals surface area contributed by atoms with Gasteiger partial charge in [-0.2, -0.15) is 0 Å². The highest BCUT2D eigenvalue weighted by atomic mass is 16.4. The molecule has 0 bridgehead atoms. The molecule has 0 unspecified atom stereocenters. The summed E-state index contributed by atoms with van der Waals surface area (Å²) in [6.45, 7) is 8.73. The fourth-order valence-corrected chi connectivity index (χ4v) is 2.71. The number of aliphatic carboxylic acids is 6. The Bertz CT molecular complexity index is 928. The molecule has 1 fully saturated rings. The molecule has 1 saturated heterocycles. The van der Waals surface area contributed by atoms with Gasteiger partial charge in [-0.1, -0.05) is 27.7 Å². The molecule has 0 aromatic heterocycles. The van der Waals surface area contributed by atoms with Gasteiger partial charge in [-0.25, -0.2) is 0 Å². The Labute approximate surface area is 267 Å². The molecule has 5 atom stereocenters. The van der Waals surface area contributed by atoms with E-state index in [4.69, 9.17) is 65.0 Å². The Hall–Kier alpha value is -4.11. The molecule has 20 nitrogen and oxygen atoms in total. The molecule has 1 aliphatic rings. The third-order valence-electron chi connectivity index (χ3n) is 5.40. The van der Waals surface area contributed by atoms with Gasteiger partial charge in [-0.3, -0.25) is 33.8 Å². The molecular formula is C26H54N8O12. The molecule has 0 aliphatic carbocycles. The van der Waals surface area contributed by atoms with E-state index in [0.717, 1.165) is 19.4 Å². The van der Waals surface area contributed by atoms with Crippen LogP contribution in [-0.2, 0) is 28.8 Å². The van der Waals surface area contributed by atoms with E-state index in [9.17, 15) is 28.8 Å². The molecule has 0 spiro atoms. The Morgan fingerprint density at radius 2 is 1.24 bits per heavy atom. The van der Waals surface area contributed by atoms with Crippen LogP contribution in [0, 0.1) is 11.8 Å². The van der Waals surface area contributed by atoms with Crippen LogP contribution in [0.3, 0.4) is 0 Å². The van der Waals surface area contributed by atoms with Crippen LogP contribution >= 0.6 is 0 Å². The number of nitrogens with two attached hydrogens (primary N) is 6. The van der Waals surface area contributed by atoms with Crippen molar-refractivity contribution >= 4 is 41.8 Å². The Kier molecular flexibility index (Phi) is 30.1. The number of carboxylic acids is 6.